The van der Waals surface area contributed by atoms with E-state index in [9.17, 15) is 35.9 Å². The Hall–Kier alpha value is -2.00. The molecule has 0 aromatic heterocycles. The van der Waals surface area contributed by atoms with Gasteiger partial charge in [0.15, 0.2) is 13.2 Å². The molecule has 0 N–H and O–H groups in total. The van der Waals surface area contributed by atoms with Crippen LogP contribution in [0.1, 0.15) is 20.3 Å². The van der Waals surface area contributed by atoms with E-state index in [0.717, 1.165) is 6.92 Å². The number of carbonyl (C=O) groups excluding carboxylic acids is 2. The molecule has 0 heterocycles. The van der Waals surface area contributed by atoms with Gasteiger partial charge in [-0.25, -0.2) is 9.59 Å². The molecule has 0 aromatic rings. The number of alkyl halides is 6. The fourth-order valence-electron chi connectivity index (χ4n) is 1.13. The molecule has 0 aromatic carbocycles. The van der Waals surface area contributed by atoms with Crippen LogP contribution in [0.5, 0.6) is 0 Å². The summed E-state index contributed by atoms with van der Waals surface area (Å²) >= 11 is 0. The summed E-state index contributed by atoms with van der Waals surface area (Å²) < 4.78 is 88.1. The Morgan fingerprint density at radius 3 is 1.58 bits per heavy atom. The maximum atomic E-state index is 13.4. The fourth-order valence-corrected chi connectivity index (χ4v) is 1.13. The van der Waals surface area contributed by atoms with Crippen molar-refractivity contribution in [3.8, 4) is 0 Å². The van der Waals surface area contributed by atoms with Gasteiger partial charge in [0.25, 0.3) is 0 Å². The van der Waals surface area contributed by atoms with Crippen LogP contribution in [0.2, 0.25) is 0 Å². The van der Waals surface area contributed by atoms with Crippen molar-refractivity contribution in [1.29, 1.82) is 0 Å². The van der Waals surface area contributed by atoms with Crippen LogP contribution in [-0.2, 0) is 19.1 Å². The van der Waals surface area contributed by atoms with Crippen molar-refractivity contribution in [2.45, 2.75) is 38.0 Å². The number of carbonyl (C=O) groups is 2. The number of ether oxygens (including phenoxy) is 2. The van der Waals surface area contributed by atoms with Crippen LogP contribution in [0.4, 0.5) is 26.3 Å². The minimum absolute atomic E-state index is 0.00614. The molecule has 0 radical (unpaired) electrons. The highest BCUT2D eigenvalue weighted by Crippen LogP contribution is 2.46. The van der Waals surface area contributed by atoms with E-state index in [2.05, 4.69) is 22.6 Å². The van der Waals surface area contributed by atoms with Gasteiger partial charge in [-0.05, 0) is 13.3 Å². The summed E-state index contributed by atoms with van der Waals surface area (Å²) in [6, 6.07) is 0. The van der Waals surface area contributed by atoms with Crippen LogP contribution in [0.25, 0.3) is 0 Å². The van der Waals surface area contributed by atoms with E-state index in [-0.39, 0.29) is 17.6 Å². The number of hydrogen-bond donors (Lipinski definition) is 0. The Morgan fingerprint density at radius 2 is 1.25 bits per heavy atom. The fraction of sp³-hybridized carbons (Fsp3) is 0.571. The SMILES string of the molecule is C=C(C)C(=O)OCC(F)(F)C(F)(F)C(F)(F)COC(=O)C(=C)CC. The molecule has 10 heteroatoms. The first-order chi connectivity index (χ1) is 10.7. The van der Waals surface area contributed by atoms with Crippen molar-refractivity contribution < 1.29 is 45.4 Å². The molecule has 0 aliphatic rings. The Balaban J connectivity index is 5.08. The van der Waals surface area contributed by atoms with Crippen LogP contribution in [0, 0.1) is 0 Å². The van der Waals surface area contributed by atoms with Gasteiger partial charge in [-0.1, -0.05) is 20.1 Å². The third kappa shape index (κ3) is 5.00. The summed E-state index contributed by atoms with van der Waals surface area (Å²) in [5.41, 5.74) is -0.677. The largest absolute Gasteiger partial charge is 0.456 e. The minimum Gasteiger partial charge on any atom is -0.456 e. The lowest BCUT2D eigenvalue weighted by Gasteiger charge is -2.32. The van der Waals surface area contributed by atoms with Crippen LogP contribution in [0.15, 0.2) is 24.3 Å². The Bertz CT molecular complexity index is 527. The lowest BCUT2D eigenvalue weighted by atomic mass is 10.1. The van der Waals surface area contributed by atoms with Crippen molar-refractivity contribution in [2.75, 3.05) is 13.2 Å². The molecule has 0 spiro atoms. The highest BCUT2D eigenvalue weighted by molar-refractivity contribution is 5.87. The van der Waals surface area contributed by atoms with Crippen molar-refractivity contribution in [3.05, 3.63) is 24.3 Å². The Kier molecular flexibility index (Phi) is 7.07. The van der Waals surface area contributed by atoms with Crippen molar-refractivity contribution in [1.82, 2.24) is 0 Å². The molecule has 0 saturated heterocycles. The van der Waals surface area contributed by atoms with Gasteiger partial charge in [-0.3, -0.25) is 0 Å². The average molecular weight is 362 g/mol. The van der Waals surface area contributed by atoms with E-state index in [1.807, 2.05) is 0 Å². The first-order valence-electron chi connectivity index (χ1n) is 6.50. The second-order valence-corrected chi connectivity index (χ2v) is 4.87. The third-order valence-corrected chi connectivity index (χ3v) is 2.75. The van der Waals surface area contributed by atoms with E-state index in [1.54, 1.807) is 0 Å². The first-order valence-corrected chi connectivity index (χ1v) is 6.50. The van der Waals surface area contributed by atoms with Gasteiger partial charge in [0.2, 0.25) is 0 Å². The van der Waals surface area contributed by atoms with E-state index in [4.69, 9.17) is 0 Å². The smallest absolute Gasteiger partial charge is 0.378 e. The lowest BCUT2D eigenvalue weighted by Crippen LogP contribution is -2.58. The van der Waals surface area contributed by atoms with Gasteiger partial charge in [-0.15, -0.1) is 0 Å². The van der Waals surface area contributed by atoms with E-state index in [1.165, 1.54) is 6.92 Å². The molecular weight excluding hydrogens is 346 g/mol. The standard InChI is InChI=1S/C14H16F6O4/c1-5-9(4)11(22)24-7-13(17,18)14(19,20)12(15,16)6-23-10(21)8(2)3/h2,4-7H2,1,3H3. The van der Waals surface area contributed by atoms with E-state index < -0.39 is 42.9 Å². The second kappa shape index (κ2) is 7.71. The zero-order valence-electron chi connectivity index (χ0n) is 12.9. The van der Waals surface area contributed by atoms with E-state index in [0.29, 0.717) is 0 Å². The molecule has 0 fully saturated rings. The quantitative estimate of drug-likeness (QED) is 0.358. The van der Waals surface area contributed by atoms with Gasteiger partial charge >= 0.3 is 29.7 Å². The predicted molar refractivity (Wildman–Crippen MR) is 71.0 cm³/mol. The number of rotatable bonds is 9. The molecule has 0 atom stereocenters. The second-order valence-electron chi connectivity index (χ2n) is 4.87. The highest BCUT2D eigenvalue weighted by atomic mass is 19.3. The molecule has 24 heavy (non-hydrogen) atoms. The van der Waals surface area contributed by atoms with Gasteiger partial charge in [0.05, 0.1) is 0 Å². The normalized spacial score (nSPS) is 12.5. The number of hydrogen-bond acceptors (Lipinski definition) is 4. The zero-order valence-corrected chi connectivity index (χ0v) is 12.9. The Labute approximate surface area is 134 Å². The molecule has 0 bridgehead atoms. The van der Waals surface area contributed by atoms with E-state index >= 15 is 0 Å². The Morgan fingerprint density at radius 1 is 0.875 bits per heavy atom. The molecular formula is C14H16F6O4. The van der Waals surface area contributed by atoms with Gasteiger partial charge in [0, 0.05) is 11.1 Å². The molecule has 0 unspecified atom stereocenters. The molecule has 138 valence electrons. The molecule has 0 amide bonds. The summed E-state index contributed by atoms with van der Waals surface area (Å²) in [7, 11) is 0. The summed E-state index contributed by atoms with van der Waals surface area (Å²) in [5.74, 6) is -19.6. The van der Waals surface area contributed by atoms with Crippen LogP contribution >= 0.6 is 0 Å². The minimum atomic E-state index is -5.94. The zero-order chi connectivity index (χ0) is 19.3. The number of esters is 2. The maximum Gasteiger partial charge on any atom is 0.378 e. The first kappa shape index (κ1) is 22.0. The summed E-state index contributed by atoms with van der Waals surface area (Å²) in [5, 5.41) is 0. The summed E-state index contributed by atoms with van der Waals surface area (Å²) in [6.45, 7) is 4.03. The van der Waals surface area contributed by atoms with Crippen molar-refractivity contribution in [3.63, 3.8) is 0 Å². The molecule has 0 aliphatic heterocycles. The monoisotopic (exact) mass is 362 g/mol. The molecule has 0 saturated carbocycles. The van der Waals surface area contributed by atoms with Gasteiger partial charge in [-0.2, -0.15) is 26.3 Å². The molecule has 4 nitrogen and oxygen atoms in total. The van der Waals surface area contributed by atoms with Crippen molar-refractivity contribution >= 4 is 11.9 Å². The van der Waals surface area contributed by atoms with Crippen molar-refractivity contribution in [2.24, 2.45) is 0 Å². The number of halogens is 6. The summed E-state index contributed by atoms with van der Waals surface area (Å²) in [4.78, 5) is 22.0. The van der Waals surface area contributed by atoms with Crippen LogP contribution in [-0.4, -0.2) is 42.9 Å². The predicted octanol–water partition coefficient (Wildman–Crippen LogP) is 3.52. The maximum absolute atomic E-state index is 13.4. The third-order valence-electron chi connectivity index (χ3n) is 2.75. The summed E-state index contributed by atoms with van der Waals surface area (Å²) in [6.07, 6.45) is -0.00614. The van der Waals surface area contributed by atoms with Crippen LogP contribution < -0.4 is 0 Å². The molecule has 0 rings (SSSR count). The topological polar surface area (TPSA) is 52.6 Å². The van der Waals surface area contributed by atoms with Gasteiger partial charge < -0.3 is 9.47 Å². The average Bonchev–Trinajstić information content (AvgIpc) is 2.48. The highest BCUT2D eigenvalue weighted by Gasteiger charge is 2.72. The van der Waals surface area contributed by atoms with Crippen LogP contribution in [0.3, 0.4) is 0 Å². The lowest BCUT2D eigenvalue weighted by molar-refractivity contribution is -0.324. The van der Waals surface area contributed by atoms with Gasteiger partial charge in [0.1, 0.15) is 0 Å². The molecule has 0 aliphatic carbocycles.